The van der Waals surface area contributed by atoms with Gasteiger partial charge in [0, 0.05) is 31.2 Å². The van der Waals surface area contributed by atoms with E-state index in [9.17, 15) is 4.79 Å². The monoisotopic (exact) mass is 293 g/mol. The van der Waals surface area contributed by atoms with Crippen molar-refractivity contribution in [1.29, 1.82) is 0 Å². The molecule has 108 valence electrons. The average molecular weight is 294 g/mol. The van der Waals surface area contributed by atoms with E-state index < -0.39 is 0 Å². The fraction of sp³-hybridized carbons (Fsp3) is 0.600. The number of anilines is 1. The molecule has 2 fully saturated rings. The van der Waals surface area contributed by atoms with Crippen molar-refractivity contribution in [3.63, 3.8) is 0 Å². The molecule has 1 aromatic rings. The highest BCUT2D eigenvalue weighted by atomic mass is 35.5. The maximum Gasteiger partial charge on any atom is 0.223 e. The van der Waals surface area contributed by atoms with E-state index in [4.69, 9.17) is 11.6 Å². The minimum atomic E-state index is 0.159. The van der Waals surface area contributed by atoms with Gasteiger partial charge in [-0.15, -0.1) is 0 Å². The molecule has 0 bridgehead atoms. The van der Waals surface area contributed by atoms with Crippen molar-refractivity contribution in [1.82, 2.24) is 10.3 Å². The lowest BCUT2D eigenvalue weighted by Crippen LogP contribution is -2.41. The molecule has 20 heavy (non-hydrogen) atoms. The largest absolute Gasteiger partial charge is 0.357 e. The zero-order valence-electron chi connectivity index (χ0n) is 11.7. The highest BCUT2D eigenvalue weighted by molar-refractivity contribution is 6.30. The van der Waals surface area contributed by atoms with Crippen LogP contribution in [-0.2, 0) is 4.79 Å². The van der Waals surface area contributed by atoms with Crippen LogP contribution in [0.5, 0.6) is 0 Å². The van der Waals surface area contributed by atoms with E-state index in [1.807, 2.05) is 12.1 Å². The number of halogens is 1. The van der Waals surface area contributed by atoms with Gasteiger partial charge in [-0.3, -0.25) is 4.79 Å². The van der Waals surface area contributed by atoms with E-state index >= 15 is 0 Å². The van der Waals surface area contributed by atoms with Crippen LogP contribution in [0, 0.1) is 11.8 Å². The number of rotatable bonds is 3. The standard InChI is InChI=1S/C15H20ClN3O/c1-10-8-13(10)18-15(20)11-4-6-19(7-5-11)14-3-2-12(16)9-17-14/h2-3,9-11,13H,4-8H2,1H3,(H,18,20). The summed E-state index contributed by atoms with van der Waals surface area (Å²) in [5, 5.41) is 3.80. The smallest absolute Gasteiger partial charge is 0.223 e. The maximum absolute atomic E-state index is 12.1. The number of pyridine rings is 1. The minimum absolute atomic E-state index is 0.159. The fourth-order valence-electron chi connectivity index (χ4n) is 2.75. The molecule has 1 aromatic heterocycles. The summed E-state index contributed by atoms with van der Waals surface area (Å²) in [7, 11) is 0. The Morgan fingerprint density at radius 2 is 2.10 bits per heavy atom. The first-order valence-electron chi connectivity index (χ1n) is 7.30. The molecule has 2 unspecified atom stereocenters. The van der Waals surface area contributed by atoms with E-state index in [0.717, 1.165) is 38.2 Å². The lowest BCUT2D eigenvalue weighted by molar-refractivity contribution is -0.125. The van der Waals surface area contributed by atoms with Crippen molar-refractivity contribution in [2.45, 2.75) is 32.2 Å². The normalized spacial score (nSPS) is 26.4. The molecule has 0 aromatic carbocycles. The highest BCUT2D eigenvalue weighted by Gasteiger charge is 2.36. The van der Waals surface area contributed by atoms with Crippen LogP contribution in [0.15, 0.2) is 18.3 Å². The predicted molar refractivity (Wildman–Crippen MR) is 79.9 cm³/mol. The zero-order valence-corrected chi connectivity index (χ0v) is 12.4. The molecule has 4 nitrogen and oxygen atoms in total. The molecule has 0 spiro atoms. The van der Waals surface area contributed by atoms with E-state index in [1.165, 1.54) is 0 Å². The number of hydrogen-bond donors (Lipinski definition) is 1. The van der Waals surface area contributed by atoms with Crippen LogP contribution < -0.4 is 10.2 Å². The van der Waals surface area contributed by atoms with E-state index in [0.29, 0.717) is 17.0 Å². The molecule has 3 rings (SSSR count). The van der Waals surface area contributed by atoms with Crippen molar-refractivity contribution in [2.75, 3.05) is 18.0 Å². The SMILES string of the molecule is CC1CC1NC(=O)C1CCN(c2ccc(Cl)cn2)CC1. The van der Waals surface area contributed by atoms with E-state index in [-0.39, 0.29) is 11.8 Å². The number of piperidine rings is 1. The third-order valence-electron chi connectivity index (χ3n) is 4.34. The van der Waals surface area contributed by atoms with Crippen LogP contribution in [0.3, 0.4) is 0 Å². The lowest BCUT2D eigenvalue weighted by atomic mass is 9.96. The number of carbonyl (C=O) groups excluding carboxylic acids is 1. The van der Waals surface area contributed by atoms with Gasteiger partial charge in [0.1, 0.15) is 5.82 Å². The molecule has 2 atom stereocenters. The Balaban J connectivity index is 1.51. The molecular weight excluding hydrogens is 274 g/mol. The van der Waals surface area contributed by atoms with Gasteiger partial charge in [-0.1, -0.05) is 18.5 Å². The average Bonchev–Trinajstić information content (AvgIpc) is 3.15. The summed E-state index contributed by atoms with van der Waals surface area (Å²) in [5.41, 5.74) is 0. The first kappa shape index (κ1) is 13.7. The van der Waals surface area contributed by atoms with Gasteiger partial charge in [0.2, 0.25) is 5.91 Å². The second kappa shape index (κ2) is 5.60. The Labute approximate surface area is 124 Å². The van der Waals surface area contributed by atoms with Gasteiger partial charge in [-0.05, 0) is 37.3 Å². The molecule has 1 aliphatic heterocycles. The molecule has 2 aliphatic rings. The van der Waals surface area contributed by atoms with Crippen molar-refractivity contribution >= 4 is 23.3 Å². The Hall–Kier alpha value is -1.29. The molecule has 0 radical (unpaired) electrons. The van der Waals surface area contributed by atoms with Crippen molar-refractivity contribution in [3.8, 4) is 0 Å². The molecule has 5 heteroatoms. The Bertz CT molecular complexity index is 482. The number of hydrogen-bond acceptors (Lipinski definition) is 3. The van der Waals surface area contributed by atoms with Crippen LogP contribution in [0.25, 0.3) is 0 Å². The van der Waals surface area contributed by atoms with Crippen LogP contribution in [-0.4, -0.2) is 30.0 Å². The van der Waals surface area contributed by atoms with Crippen LogP contribution >= 0.6 is 11.6 Å². The van der Waals surface area contributed by atoms with Gasteiger partial charge in [0.25, 0.3) is 0 Å². The lowest BCUT2D eigenvalue weighted by Gasteiger charge is -2.32. The van der Waals surface area contributed by atoms with Gasteiger partial charge >= 0.3 is 0 Å². The summed E-state index contributed by atoms with van der Waals surface area (Å²) in [4.78, 5) is 18.7. The minimum Gasteiger partial charge on any atom is -0.357 e. The molecule has 1 saturated heterocycles. The number of aromatic nitrogens is 1. The van der Waals surface area contributed by atoms with Crippen LogP contribution in [0.2, 0.25) is 5.02 Å². The number of nitrogens with zero attached hydrogens (tertiary/aromatic N) is 2. The van der Waals surface area contributed by atoms with Crippen molar-refractivity contribution in [2.24, 2.45) is 11.8 Å². The molecular formula is C15H20ClN3O. The highest BCUT2D eigenvalue weighted by Crippen LogP contribution is 2.30. The quantitative estimate of drug-likeness (QED) is 0.931. The third-order valence-corrected chi connectivity index (χ3v) is 4.56. The number of amides is 1. The predicted octanol–water partition coefficient (Wildman–Crippen LogP) is 2.48. The maximum atomic E-state index is 12.1. The zero-order chi connectivity index (χ0) is 14.1. The first-order chi connectivity index (χ1) is 9.63. The summed E-state index contributed by atoms with van der Waals surface area (Å²) >= 11 is 5.85. The van der Waals surface area contributed by atoms with Crippen LogP contribution in [0.4, 0.5) is 5.82 Å². The summed E-state index contributed by atoms with van der Waals surface area (Å²) in [6.45, 7) is 3.94. The summed E-state index contributed by atoms with van der Waals surface area (Å²) < 4.78 is 0. The third kappa shape index (κ3) is 3.06. The molecule has 2 heterocycles. The van der Waals surface area contributed by atoms with E-state index in [1.54, 1.807) is 6.20 Å². The van der Waals surface area contributed by atoms with Gasteiger partial charge in [-0.25, -0.2) is 4.98 Å². The summed E-state index contributed by atoms with van der Waals surface area (Å²) in [6, 6.07) is 4.23. The molecule has 1 saturated carbocycles. The van der Waals surface area contributed by atoms with Crippen molar-refractivity contribution in [3.05, 3.63) is 23.4 Å². The Kier molecular flexibility index (Phi) is 3.83. The van der Waals surface area contributed by atoms with Gasteiger partial charge in [0.05, 0.1) is 5.02 Å². The molecule has 1 N–H and O–H groups in total. The van der Waals surface area contributed by atoms with Crippen molar-refractivity contribution < 1.29 is 4.79 Å². The topological polar surface area (TPSA) is 45.2 Å². The first-order valence-corrected chi connectivity index (χ1v) is 7.68. The fourth-order valence-corrected chi connectivity index (χ4v) is 2.86. The number of nitrogens with one attached hydrogen (secondary N) is 1. The Morgan fingerprint density at radius 3 is 2.65 bits per heavy atom. The second-order valence-electron chi connectivity index (χ2n) is 5.92. The summed E-state index contributed by atoms with van der Waals surface area (Å²) in [5.74, 6) is 2.01. The van der Waals surface area contributed by atoms with Crippen LogP contribution in [0.1, 0.15) is 26.2 Å². The molecule has 1 amide bonds. The second-order valence-corrected chi connectivity index (χ2v) is 6.36. The van der Waals surface area contributed by atoms with Gasteiger partial charge < -0.3 is 10.2 Å². The van der Waals surface area contributed by atoms with E-state index in [2.05, 4.69) is 22.1 Å². The van der Waals surface area contributed by atoms with Gasteiger partial charge in [-0.2, -0.15) is 0 Å². The molecule has 1 aliphatic carbocycles. The number of carbonyl (C=O) groups is 1. The van der Waals surface area contributed by atoms with Gasteiger partial charge in [0.15, 0.2) is 0 Å². The summed E-state index contributed by atoms with van der Waals surface area (Å²) in [6.07, 6.45) is 4.61. The Morgan fingerprint density at radius 1 is 1.40 bits per heavy atom.